The van der Waals surface area contributed by atoms with Gasteiger partial charge in [-0.15, -0.1) is 0 Å². The highest BCUT2D eigenvalue weighted by Gasteiger charge is 2.09. The molecule has 1 aromatic carbocycles. The summed E-state index contributed by atoms with van der Waals surface area (Å²) < 4.78 is 12.4. The molecule has 2 rings (SSSR count). The van der Waals surface area contributed by atoms with Crippen molar-refractivity contribution in [1.82, 2.24) is 15.1 Å². The second-order valence-corrected chi connectivity index (χ2v) is 4.50. The summed E-state index contributed by atoms with van der Waals surface area (Å²) in [6, 6.07) is 5.77. The summed E-state index contributed by atoms with van der Waals surface area (Å²) in [6.07, 6.45) is 2.04. The molecule has 0 bridgehead atoms. The van der Waals surface area contributed by atoms with E-state index in [4.69, 9.17) is 9.47 Å². The molecule has 0 atom stereocenters. The van der Waals surface area contributed by atoms with Crippen LogP contribution in [-0.4, -0.2) is 30.5 Å². The second kappa shape index (κ2) is 6.43. The van der Waals surface area contributed by atoms with Gasteiger partial charge >= 0.3 is 0 Å². The van der Waals surface area contributed by atoms with Crippen molar-refractivity contribution in [1.29, 1.82) is 0 Å². The molecular formula is C15H21N3O2. The maximum atomic E-state index is 5.32. The zero-order chi connectivity index (χ0) is 14.5. The lowest BCUT2D eigenvalue weighted by Crippen LogP contribution is -2.11. The molecular weight excluding hydrogens is 254 g/mol. The van der Waals surface area contributed by atoms with E-state index < -0.39 is 0 Å². The number of nitrogens with one attached hydrogen (secondary N) is 1. The number of ether oxygens (including phenoxy) is 2. The highest BCUT2D eigenvalue weighted by Crippen LogP contribution is 2.29. The van der Waals surface area contributed by atoms with E-state index in [1.165, 1.54) is 5.56 Å². The van der Waals surface area contributed by atoms with E-state index >= 15 is 0 Å². The first-order valence-corrected chi connectivity index (χ1v) is 6.67. The zero-order valence-electron chi connectivity index (χ0n) is 12.4. The number of hydrogen-bond donors (Lipinski definition) is 1. The van der Waals surface area contributed by atoms with E-state index in [0.717, 1.165) is 24.5 Å². The molecule has 2 aromatic rings. The van der Waals surface area contributed by atoms with Crippen LogP contribution in [0.3, 0.4) is 0 Å². The largest absolute Gasteiger partial charge is 0.493 e. The Balaban J connectivity index is 2.31. The van der Waals surface area contributed by atoms with Gasteiger partial charge in [-0.3, -0.25) is 0 Å². The number of methoxy groups -OCH3 is 2. The molecule has 0 aliphatic rings. The molecule has 0 aliphatic heterocycles. The van der Waals surface area contributed by atoms with E-state index in [1.54, 1.807) is 14.2 Å². The van der Waals surface area contributed by atoms with Gasteiger partial charge in [0.25, 0.3) is 0 Å². The smallest absolute Gasteiger partial charge is 0.162 e. The van der Waals surface area contributed by atoms with Crippen molar-refractivity contribution in [2.24, 2.45) is 0 Å². The number of benzene rings is 1. The minimum absolute atomic E-state index is 0.700. The molecule has 1 aromatic heterocycles. The maximum absolute atomic E-state index is 5.32. The quantitative estimate of drug-likeness (QED) is 0.879. The van der Waals surface area contributed by atoms with Crippen molar-refractivity contribution in [3.63, 3.8) is 0 Å². The van der Waals surface area contributed by atoms with Crippen LogP contribution >= 0.6 is 0 Å². The van der Waals surface area contributed by atoms with Gasteiger partial charge in [-0.05, 0) is 25.6 Å². The Morgan fingerprint density at radius 1 is 1.20 bits per heavy atom. The van der Waals surface area contributed by atoms with Crippen LogP contribution in [0.1, 0.15) is 18.2 Å². The summed E-state index contributed by atoms with van der Waals surface area (Å²) >= 11 is 0. The minimum atomic E-state index is 0.700. The molecule has 0 fully saturated rings. The SMILES string of the molecule is CCNCc1cn(-c2ccc(OC)c(OC)c2)nc1C. The molecule has 5 nitrogen and oxygen atoms in total. The molecule has 0 saturated carbocycles. The average molecular weight is 275 g/mol. The van der Waals surface area contributed by atoms with Crippen LogP contribution in [0.4, 0.5) is 0 Å². The molecule has 1 heterocycles. The molecule has 5 heteroatoms. The molecule has 0 spiro atoms. The predicted molar refractivity (Wildman–Crippen MR) is 78.8 cm³/mol. The molecule has 0 saturated heterocycles. The topological polar surface area (TPSA) is 48.3 Å². The summed E-state index contributed by atoms with van der Waals surface area (Å²) in [4.78, 5) is 0. The van der Waals surface area contributed by atoms with Gasteiger partial charge in [0, 0.05) is 24.4 Å². The third kappa shape index (κ3) is 2.93. The fourth-order valence-electron chi connectivity index (χ4n) is 2.03. The van der Waals surface area contributed by atoms with Crippen molar-refractivity contribution in [2.45, 2.75) is 20.4 Å². The van der Waals surface area contributed by atoms with Crippen LogP contribution in [0.2, 0.25) is 0 Å². The fourth-order valence-corrected chi connectivity index (χ4v) is 2.03. The van der Waals surface area contributed by atoms with Crippen molar-refractivity contribution in [3.8, 4) is 17.2 Å². The van der Waals surface area contributed by atoms with Gasteiger partial charge in [0.2, 0.25) is 0 Å². The maximum Gasteiger partial charge on any atom is 0.162 e. The number of nitrogens with zero attached hydrogens (tertiary/aromatic N) is 2. The Labute approximate surface area is 119 Å². The molecule has 0 radical (unpaired) electrons. The van der Waals surface area contributed by atoms with Crippen molar-refractivity contribution >= 4 is 0 Å². The van der Waals surface area contributed by atoms with Crippen molar-refractivity contribution in [3.05, 3.63) is 35.7 Å². The number of aryl methyl sites for hydroxylation is 1. The third-order valence-electron chi connectivity index (χ3n) is 3.20. The minimum Gasteiger partial charge on any atom is -0.493 e. The average Bonchev–Trinajstić information content (AvgIpc) is 2.85. The van der Waals surface area contributed by atoms with E-state index in [9.17, 15) is 0 Å². The Kier molecular flexibility index (Phi) is 4.63. The number of rotatable bonds is 6. The highest BCUT2D eigenvalue weighted by molar-refractivity contribution is 5.48. The lowest BCUT2D eigenvalue weighted by molar-refractivity contribution is 0.354. The van der Waals surface area contributed by atoms with Crippen molar-refractivity contribution < 1.29 is 9.47 Å². The first-order valence-electron chi connectivity index (χ1n) is 6.67. The van der Waals surface area contributed by atoms with Gasteiger partial charge in [0.05, 0.1) is 25.6 Å². The molecule has 0 amide bonds. The summed E-state index contributed by atoms with van der Waals surface area (Å²) in [5.74, 6) is 1.42. The van der Waals surface area contributed by atoms with E-state index in [0.29, 0.717) is 11.5 Å². The first kappa shape index (κ1) is 14.4. The van der Waals surface area contributed by atoms with Crippen molar-refractivity contribution in [2.75, 3.05) is 20.8 Å². The normalized spacial score (nSPS) is 10.6. The molecule has 20 heavy (non-hydrogen) atoms. The molecule has 0 aliphatic carbocycles. The van der Waals surface area contributed by atoms with Gasteiger partial charge in [0.15, 0.2) is 11.5 Å². The lowest BCUT2D eigenvalue weighted by Gasteiger charge is -2.09. The first-order chi connectivity index (χ1) is 9.69. The van der Waals surface area contributed by atoms with Gasteiger partial charge in [0.1, 0.15) is 0 Å². The standard InChI is InChI=1S/C15H21N3O2/c1-5-16-9-12-10-18(17-11(12)2)13-6-7-14(19-3)15(8-13)20-4/h6-8,10,16H,5,9H2,1-4H3. The lowest BCUT2D eigenvalue weighted by atomic mass is 10.2. The van der Waals surface area contributed by atoms with Crippen LogP contribution < -0.4 is 14.8 Å². The van der Waals surface area contributed by atoms with Gasteiger partial charge in [-0.2, -0.15) is 5.10 Å². The Hall–Kier alpha value is -2.01. The Morgan fingerprint density at radius 2 is 1.95 bits per heavy atom. The summed E-state index contributed by atoms with van der Waals surface area (Å²) in [5.41, 5.74) is 3.18. The van der Waals surface area contributed by atoms with Crippen LogP contribution in [0.15, 0.2) is 24.4 Å². The van der Waals surface area contributed by atoms with Gasteiger partial charge in [-0.1, -0.05) is 6.92 Å². The van der Waals surface area contributed by atoms with Crippen LogP contribution in [-0.2, 0) is 6.54 Å². The van der Waals surface area contributed by atoms with E-state index in [-0.39, 0.29) is 0 Å². The van der Waals surface area contributed by atoms with E-state index in [2.05, 4.69) is 17.3 Å². The van der Waals surface area contributed by atoms with E-state index in [1.807, 2.05) is 36.0 Å². The summed E-state index contributed by atoms with van der Waals surface area (Å²) in [6.45, 7) is 5.88. The molecule has 108 valence electrons. The predicted octanol–water partition coefficient (Wildman–Crippen LogP) is 2.31. The van der Waals surface area contributed by atoms with Gasteiger partial charge in [-0.25, -0.2) is 4.68 Å². The summed E-state index contributed by atoms with van der Waals surface area (Å²) in [5, 5.41) is 7.86. The molecule has 1 N–H and O–H groups in total. The zero-order valence-corrected chi connectivity index (χ0v) is 12.4. The highest BCUT2D eigenvalue weighted by atomic mass is 16.5. The van der Waals surface area contributed by atoms with Gasteiger partial charge < -0.3 is 14.8 Å². The second-order valence-electron chi connectivity index (χ2n) is 4.50. The number of hydrogen-bond acceptors (Lipinski definition) is 4. The fraction of sp³-hybridized carbons (Fsp3) is 0.400. The van der Waals surface area contributed by atoms with Crippen LogP contribution in [0.5, 0.6) is 11.5 Å². The Bertz CT molecular complexity index is 578. The molecule has 0 unspecified atom stereocenters. The third-order valence-corrected chi connectivity index (χ3v) is 3.20. The number of aromatic nitrogens is 2. The summed E-state index contributed by atoms with van der Waals surface area (Å²) in [7, 11) is 3.26. The monoisotopic (exact) mass is 275 g/mol. The Morgan fingerprint density at radius 3 is 2.60 bits per heavy atom. The van der Waals surface area contributed by atoms with Crippen LogP contribution in [0, 0.1) is 6.92 Å². The van der Waals surface area contributed by atoms with Crippen LogP contribution in [0.25, 0.3) is 5.69 Å².